The summed E-state index contributed by atoms with van der Waals surface area (Å²) in [6, 6.07) is 6.58. The molecule has 0 aromatic heterocycles. The molecule has 2 rings (SSSR count). The van der Waals surface area contributed by atoms with Crippen LogP contribution in [0.5, 0.6) is 0 Å². The van der Waals surface area contributed by atoms with Gasteiger partial charge >= 0.3 is 0 Å². The lowest BCUT2D eigenvalue weighted by molar-refractivity contribution is 0.103. The van der Waals surface area contributed by atoms with Gasteiger partial charge < -0.3 is 10.1 Å². The predicted molar refractivity (Wildman–Crippen MR) is 69.0 cm³/mol. The molecule has 1 heterocycles. The summed E-state index contributed by atoms with van der Waals surface area (Å²) in [6.07, 6.45) is -0.120. The molecule has 0 bridgehead atoms. The minimum Gasteiger partial charge on any atom is -0.378 e. The first-order valence-electron chi connectivity index (χ1n) is 5.85. The molecule has 0 radical (unpaired) electrons. The average Bonchev–Trinajstić information content (AvgIpc) is 2.76. The molecule has 5 nitrogen and oxygen atoms in total. The Morgan fingerprint density at radius 3 is 2.56 bits per heavy atom. The highest BCUT2D eigenvalue weighted by atomic mass is 32.2. The zero-order chi connectivity index (χ0) is 13.2. The first-order valence-corrected chi connectivity index (χ1v) is 7.34. The van der Waals surface area contributed by atoms with E-state index < -0.39 is 10.0 Å². The lowest BCUT2D eigenvalue weighted by Crippen LogP contribution is -2.43. The molecule has 1 aliphatic rings. The first-order chi connectivity index (χ1) is 8.53. The minimum absolute atomic E-state index is 0.120. The van der Waals surface area contributed by atoms with Gasteiger partial charge in [-0.25, -0.2) is 13.1 Å². The van der Waals surface area contributed by atoms with E-state index in [1.165, 1.54) is 0 Å². The van der Waals surface area contributed by atoms with E-state index in [4.69, 9.17) is 4.74 Å². The van der Waals surface area contributed by atoms with E-state index in [1.807, 2.05) is 6.92 Å². The van der Waals surface area contributed by atoms with E-state index in [-0.39, 0.29) is 17.0 Å². The maximum atomic E-state index is 12.2. The summed E-state index contributed by atoms with van der Waals surface area (Å²) in [7, 11) is -1.89. The highest BCUT2D eigenvalue weighted by molar-refractivity contribution is 7.89. The number of nitrogens with one attached hydrogen (secondary N) is 2. The van der Waals surface area contributed by atoms with Crippen molar-refractivity contribution in [3.63, 3.8) is 0 Å². The van der Waals surface area contributed by atoms with Crippen molar-refractivity contribution >= 4 is 10.0 Å². The molecule has 1 fully saturated rings. The van der Waals surface area contributed by atoms with Gasteiger partial charge in [0.1, 0.15) is 0 Å². The second kappa shape index (κ2) is 5.36. The Balaban J connectivity index is 2.14. The molecule has 1 saturated heterocycles. The molecule has 1 aromatic rings. The van der Waals surface area contributed by atoms with Crippen molar-refractivity contribution in [2.45, 2.75) is 24.0 Å². The van der Waals surface area contributed by atoms with E-state index in [0.717, 1.165) is 5.56 Å². The molecule has 1 aromatic carbocycles. The number of hydrogen-bond donors (Lipinski definition) is 2. The summed E-state index contributed by atoms with van der Waals surface area (Å²) in [5.41, 5.74) is 1.03. The quantitative estimate of drug-likeness (QED) is 0.823. The lowest BCUT2D eigenvalue weighted by atomic mass is 10.2. The second-order valence-corrected chi connectivity index (χ2v) is 6.19. The average molecular weight is 270 g/mol. The van der Waals surface area contributed by atoms with Crippen LogP contribution in [0.2, 0.25) is 0 Å². The van der Waals surface area contributed by atoms with Crippen molar-refractivity contribution in [1.82, 2.24) is 10.0 Å². The van der Waals surface area contributed by atoms with Crippen LogP contribution in [0.4, 0.5) is 0 Å². The Kier molecular flexibility index (Phi) is 4.01. The van der Waals surface area contributed by atoms with Gasteiger partial charge in [-0.05, 0) is 19.1 Å². The zero-order valence-corrected chi connectivity index (χ0v) is 11.3. The van der Waals surface area contributed by atoms with Gasteiger partial charge in [-0.15, -0.1) is 0 Å². The van der Waals surface area contributed by atoms with Crippen LogP contribution in [-0.2, 0) is 14.8 Å². The van der Waals surface area contributed by atoms with Gasteiger partial charge in [0.2, 0.25) is 10.0 Å². The van der Waals surface area contributed by atoms with Gasteiger partial charge in [-0.2, -0.15) is 0 Å². The second-order valence-electron chi connectivity index (χ2n) is 4.47. The standard InChI is InChI=1S/C12H18N2O3S/c1-9-3-5-10(6-4-9)18(15,16)14-11-7-13-8-12(11)17-2/h3-6,11-14H,7-8H2,1-2H3/t11?,12-/m0/s1. The molecular weight excluding hydrogens is 252 g/mol. The van der Waals surface area contributed by atoms with Gasteiger partial charge in [0, 0.05) is 20.2 Å². The summed E-state index contributed by atoms with van der Waals surface area (Å²) in [5.74, 6) is 0. The smallest absolute Gasteiger partial charge is 0.240 e. The summed E-state index contributed by atoms with van der Waals surface area (Å²) < 4.78 is 32.2. The minimum atomic E-state index is -3.47. The Morgan fingerprint density at radius 2 is 1.94 bits per heavy atom. The van der Waals surface area contributed by atoms with Crippen molar-refractivity contribution in [3.8, 4) is 0 Å². The van der Waals surface area contributed by atoms with Gasteiger partial charge in [-0.3, -0.25) is 0 Å². The van der Waals surface area contributed by atoms with Gasteiger partial charge in [0.15, 0.2) is 0 Å². The van der Waals surface area contributed by atoms with E-state index in [9.17, 15) is 8.42 Å². The van der Waals surface area contributed by atoms with E-state index in [1.54, 1.807) is 31.4 Å². The van der Waals surface area contributed by atoms with Crippen LogP contribution >= 0.6 is 0 Å². The normalized spacial score (nSPS) is 24.3. The fourth-order valence-corrected chi connectivity index (χ4v) is 3.27. The molecule has 18 heavy (non-hydrogen) atoms. The van der Waals surface area contributed by atoms with Crippen LogP contribution < -0.4 is 10.0 Å². The van der Waals surface area contributed by atoms with Crippen LogP contribution in [-0.4, -0.2) is 40.8 Å². The third kappa shape index (κ3) is 2.89. The Hall–Kier alpha value is -0.950. The number of benzene rings is 1. The fraction of sp³-hybridized carbons (Fsp3) is 0.500. The molecule has 0 saturated carbocycles. The Morgan fingerprint density at radius 1 is 1.28 bits per heavy atom. The van der Waals surface area contributed by atoms with Crippen molar-refractivity contribution in [2.75, 3.05) is 20.2 Å². The van der Waals surface area contributed by atoms with Crippen molar-refractivity contribution in [3.05, 3.63) is 29.8 Å². The number of sulfonamides is 1. The van der Waals surface area contributed by atoms with E-state index in [0.29, 0.717) is 13.1 Å². The highest BCUT2D eigenvalue weighted by Crippen LogP contribution is 2.13. The fourth-order valence-electron chi connectivity index (χ4n) is 2.00. The molecule has 1 aliphatic heterocycles. The van der Waals surface area contributed by atoms with E-state index >= 15 is 0 Å². The molecule has 1 unspecified atom stereocenters. The lowest BCUT2D eigenvalue weighted by Gasteiger charge is -2.18. The predicted octanol–water partition coefficient (Wildman–Crippen LogP) is 0.260. The van der Waals surface area contributed by atoms with Gasteiger partial charge in [0.25, 0.3) is 0 Å². The summed E-state index contributed by atoms with van der Waals surface area (Å²) in [5, 5.41) is 3.10. The monoisotopic (exact) mass is 270 g/mol. The van der Waals surface area contributed by atoms with Crippen LogP contribution in [0.15, 0.2) is 29.2 Å². The molecule has 0 spiro atoms. The first kappa shape index (κ1) is 13.5. The Labute approximate surface area is 108 Å². The zero-order valence-electron chi connectivity index (χ0n) is 10.5. The maximum Gasteiger partial charge on any atom is 0.240 e. The highest BCUT2D eigenvalue weighted by Gasteiger charge is 2.31. The van der Waals surface area contributed by atoms with Gasteiger partial charge in [0.05, 0.1) is 17.0 Å². The van der Waals surface area contributed by atoms with Gasteiger partial charge in [-0.1, -0.05) is 17.7 Å². The number of ether oxygens (including phenoxy) is 1. The molecule has 2 atom stereocenters. The number of rotatable bonds is 4. The molecule has 6 heteroatoms. The molecule has 0 amide bonds. The van der Waals surface area contributed by atoms with Crippen LogP contribution in [0.1, 0.15) is 5.56 Å². The largest absolute Gasteiger partial charge is 0.378 e. The number of aryl methyl sites for hydroxylation is 1. The summed E-state index contributed by atoms with van der Waals surface area (Å²) in [4.78, 5) is 0.287. The van der Waals surface area contributed by atoms with Crippen molar-refractivity contribution in [2.24, 2.45) is 0 Å². The third-order valence-corrected chi connectivity index (χ3v) is 4.60. The Bertz CT molecular complexity index is 499. The number of hydrogen-bond acceptors (Lipinski definition) is 4. The third-order valence-electron chi connectivity index (χ3n) is 3.10. The molecular formula is C12H18N2O3S. The van der Waals surface area contributed by atoms with Crippen molar-refractivity contribution in [1.29, 1.82) is 0 Å². The van der Waals surface area contributed by atoms with Crippen LogP contribution in [0, 0.1) is 6.92 Å². The number of methoxy groups -OCH3 is 1. The van der Waals surface area contributed by atoms with Crippen LogP contribution in [0.25, 0.3) is 0 Å². The molecule has 2 N–H and O–H groups in total. The van der Waals surface area contributed by atoms with Crippen LogP contribution in [0.3, 0.4) is 0 Å². The summed E-state index contributed by atoms with van der Waals surface area (Å²) >= 11 is 0. The SMILES string of the molecule is CO[C@H]1CNCC1NS(=O)(=O)c1ccc(C)cc1. The summed E-state index contributed by atoms with van der Waals surface area (Å²) in [6.45, 7) is 3.17. The topological polar surface area (TPSA) is 67.4 Å². The molecule has 100 valence electrons. The maximum absolute atomic E-state index is 12.2. The van der Waals surface area contributed by atoms with Crippen molar-refractivity contribution < 1.29 is 13.2 Å². The molecule has 0 aliphatic carbocycles. The van der Waals surface area contributed by atoms with E-state index in [2.05, 4.69) is 10.0 Å².